The van der Waals surface area contributed by atoms with Gasteiger partial charge >= 0.3 is 0 Å². The first-order valence-corrected chi connectivity index (χ1v) is 8.24. The van der Waals surface area contributed by atoms with Crippen LogP contribution in [0.1, 0.15) is 37.8 Å². The van der Waals surface area contributed by atoms with E-state index in [1.165, 1.54) is 17.5 Å². The van der Waals surface area contributed by atoms with Crippen molar-refractivity contribution in [2.24, 2.45) is 4.99 Å². The highest BCUT2D eigenvalue weighted by Crippen LogP contribution is 2.08. The molecule has 0 aliphatic heterocycles. The molecule has 0 atom stereocenters. The van der Waals surface area contributed by atoms with E-state index in [1.54, 1.807) is 12.7 Å². The van der Waals surface area contributed by atoms with Crippen molar-refractivity contribution in [1.29, 1.82) is 0 Å². The standard InChI is InChI=1S/C17H26N6.HI/c1-3-5-9-20-17(19-4-2)21-11-15-7-6-8-16(10-15)12-23-14-18-13-22-23;/h6-8,10,13-14H,3-5,9,11-12H2,1-2H3,(H2,19,20,21);1H. The Morgan fingerprint density at radius 3 is 2.75 bits per heavy atom. The molecule has 1 heterocycles. The van der Waals surface area contributed by atoms with Crippen LogP contribution >= 0.6 is 24.0 Å². The molecule has 2 N–H and O–H groups in total. The maximum Gasteiger partial charge on any atom is 0.191 e. The third-order valence-electron chi connectivity index (χ3n) is 3.39. The minimum absolute atomic E-state index is 0. The number of nitrogens with zero attached hydrogens (tertiary/aromatic N) is 4. The molecule has 0 saturated heterocycles. The van der Waals surface area contributed by atoms with Gasteiger partial charge < -0.3 is 10.6 Å². The van der Waals surface area contributed by atoms with E-state index in [4.69, 9.17) is 0 Å². The minimum atomic E-state index is 0. The number of hydrogen-bond acceptors (Lipinski definition) is 3. The van der Waals surface area contributed by atoms with Gasteiger partial charge in [0.25, 0.3) is 0 Å². The lowest BCUT2D eigenvalue weighted by Gasteiger charge is -2.11. The van der Waals surface area contributed by atoms with Crippen molar-refractivity contribution in [1.82, 2.24) is 25.4 Å². The van der Waals surface area contributed by atoms with Crippen LogP contribution in [0.5, 0.6) is 0 Å². The lowest BCUT2D eigenvalue weighted by Crippen LogP contribution is -2.37. The zero-order valence-electron chi connectivity index (χ0n) is 14.4. The molecule has 132 valence electrons. The van der Waals surface area contributed by atoms with E-state index in [-0.39, 0.29) is 24.0 Å². The summed E-state index contributed by atoms with van der Waals surface area (Å²) in [4.78, 5) is 8.62. The molecule has 0 radical (unpaired) electrons. The second-order valence-electron chi connectivity index (χ2n) is 5.39. The zero-order valence-corrected chi connectivity index (χ0v) is 16.7. The quantitative estimate of drug-likeness (QED) is 0.286. The third-order valence-corrected chi connectivity index (χ3v) is 3.39. The fourth-order valence-corrected chi connectivity index (χ4v) is 2.22. The molecule has 0 aliphatic rings. The average Bonchev–Trinajstić information content (AvgIpc) is 3.06. The van der Waals surface area contributed by atoms with Crippen LogP contribution in [0, 0.1) is 0 Å². The molecule has 24 heavy (non-hydrogen) atoms. The van der Waals surface area contributed by atoms with Crippen LogP contribution in [0.4, 0.5) is 0 Å². The topological polar surface area (TPSA) is 67.1 Å². The van der Waals surface area contributed by atoms with Crippen LogP contribution in [0.2, 0.25) is 0 Å². The molecule has 2 aromatic rings. The summed E-state index contributed by atoms with van der Waals surface area (Å²) in [6.45, 7) is 7.47. The van der Waals surface area contributed by atoms with Crippen molar-refractivity contribution in [2.45, 2.75) is 39.8 Å². The molecule has 0 aliphatic carbocycles. The van der Waals surface area contributed by atoms with Gasteiger partial charge in [0.05, 0.1) is 13.1 Å². The molecule has 0 fully saturated rings. The predicted molar refractivity (Wildman–Crippen MR) is 109 cm³/mol. The Balaban J connectivity index is 0.00000288. The number of guanidine groups is 1. The summed E-state index contributed by atoms with van der Waals surface area (Å²) in [6.07, 6.45) is 5.61. The van der Waals surface area contributed by atoms with E-state index in [0.29, 0.717) is 6.54 Å². The highest BCUT2D eigenvalue weighted by Gasteiger charge is 2.00. The van der Waals surface area contributed by atoms with Crippen molar-refractivity contribution in [2.75, 3.05) is 13.1 Å². The van der Waals surface area contributed by atoms with E-state index in [2.05, 4.69) is 63.8 Å². The highest BCUT2D eigenvalue weighted by atomic mass is 127. The summed E-state index contributed by atoms with van der Waals surface area (Å²) in [5.74, 6) is 0.877. The largest absolute Gasteiger partial charge is 0.357 e. The lowest BCUT2D eigenvalue weighted by atomic mass is 10.1. The van der Waals surface area contributed by atoms with Crippen LogP contribution in [0.15, 0.2) is 41.9 Å². The van der Waals surface area contributed by atoms with Gasteiger partial charge in [-0.2, -0.15) is 5.10 Å². The molecule has 2 rings (SSSR count). The molecule has 7 heteroatoms. The molecular weight excluding hydrogens is 415 g/mol. The van der Waals surface area contributed by atoms with E-state index < -0.39 is 0 Å². The number of hydrogen-bond donors (Lipinski definition) is 2. The number of halogens is 1. The van der Waals surface area contributed by atoms with Gasteiger partial charge in [-0.05, 0) is 24.5 Å². The van der Waals surface area contributed by atoms with Crippen molar-refractivity contribution in [3.63, 3.8) is 0 Å². The first kappa shape index (κ1) is 20.4. The molecule has 1 aromatic heterocycles. The van der Waals surface area contributed by atoms with Crippen LogP contribution in [-0.2, 0) is 13.1 Å². The number of unbranched alkanes of at least 4 members (excludes halogenated alkanes) is 1. The van der Waals surface area contributed by atoms with Gasteiger partial charge in [0.15, 0.2) is 5.96 Å². The summed E-state index contributed by atoms with van der Waals surface area (Å²) in [5, 5.41) is 10.8. The maximum atomic E-state index is 4.65. The Morgan fingerprint density at radius 1 is 1.21 bits per heavy atom. The average molecular weight is 442 g/mol. The van der Waals surface area contributed by atoms with Crippen LogP contribution in [0.3, 0.4) is 0 Å². The fourth-order valence-electron chi connectivity index (χ4n) is 2.22. The SMILES string of the molecule is CCCCNC(=NCc1cccc(Cn2cncn2)c1)NCC.I. The van der Waals surface area contributed by atoms with Gasteiger partial charge in [-0.3, -0.25) is 0 Å². The van der Waals surface area contributed by atoms with E-state index in [0.717, 1.165) is 32.0 Å². The van der Waals surface area contributed by atoms with Crippen molar-refractivity contribution in [3.05, 3.63) is 48.0 Å². The van der Waals surface area contributed by atoms with Gasteiger partial charge in [-0.1, -0.05) is 37.6 Å². The number of benzene rings is 1. The first-order valence-electron chi connectivity index (χ1n) is 8.24. The normalized spacial score (nSPS) is 11.0. The fraction of sp³-hybridized carbons (Fsp3) is 0.471. The Bertz CT molecular complexity index is 597. The van der Waals surface area contributed by atoms with Crippen molar-refractivity contribution >= 4 is 29.9 Å². The van der Waals surface area contributed by atoms with Crippen LogP contribution < -0.4 is 10.6 Å². The van der Waals surface area contributed by atoms with E-state index >= 15 is 0 Å². The molecule has 0 spiro atoms. The summed E-state index contributed by atoms with van der Waals surface area (Å²) in [6, 6.07) is 8.43. The minimum Gasteiger partial charge on any atom is -0.357 e. The van der Waals surface area contributed by atoms with Crippen LogP contribution in [-0.4, -0.2) is 33.8 Å². The third kappa shape index (κ3) is 7.29. The van der Waals surface area contributed by atoms with Crippen LogP contribution in [0.25, 0.3) is 0 Å². The first-order chi connectivity index (χ1) is 11.3. The predicted octanol–water partition coefficient (Wildman–Crippen LogP) is 2.80. The van der Waals surface area contributed by atoms with Gasteiger partial charge in [-0.15, -0.1) is 24.0 Å². The number of nitrogens with one attached hydrogen (secondary N) is 2. The summed E-state index contributed by atoms with van der Waals surface area (Å²) >= 11 is 0. The number of rotatable bonds is 8. The van der Waals surface area contributed by atoms with E-state index in [1.807, 2.05) is 4.68 Å². The maximum absolute atomic E-state index is 4.65. The molecular formula is C17H27IN6. The molecule has 1 aromatic carbocycles. The monoisotopic (exact) mass is 442 g/mol. The van der Waals surface area contributed by atoms with Crippen molar-refractivity contribution in [3.8, 4) is 0 Å². The van der Waals surface area contributed by atoms with Gasteiger partial charge in [-0.25, -0.2) is 14.7 Å². The van der Waals surface area contributed by atoms with Gasteiger partial charge in [0.2, 0.25) is 0 Å². The number of aromatic nitrogens is 3. The molecule has 0 amide bonds. The second-order valence-corrected chi connectivity index (χ2v) is 5.39. The van der Waals surface area contributed by atoms with E-state index in [9.17, 15) is 0 Å². The lowest BCUT2D eigenvalue weighted by molar-refractivity contribution is 0.684. The van der Waals surface area contributed by atoms with Crippen molar-refractivity contribution < 1.29 is 0 Å². The molecule has 6 nitrogen and oxygen atoms in total. The highest BCUT2D eigenvalue weighted by molar-refractivity contribution is 14.0. The Labute approximate surface area is 161 Å². The molecule has 0 unspecified atom stereocenters. The molecule has 0 bridgehead atoms. The second kappa shape index (κ2) is 11.8. The zero-order chi connectivity index (χ0) is 16.3. The summed E-state index contributed by atoms with van der Waals surface area (Å²) in [7, 11) is 0. The Hall–Kier alpha value is -1.64. The summed E-state index contributed by atoms with van der Waals surface area (Å²) in [5.41, 5.74) is 2.39. The van der Waals surface area contributed by atoms with Gasteiger partial charge in [0, 0.05) is 13.1 Å². The Kier molecular flexibility index (Phi) is 10.1. The smallest absolute Gasteiger partial charge is 0.191 e. The number of aliphatic imine (C=N–C) groups is 1. The Morgan fingerprint density at radius 2 is 2.04 bits per heavy atom. The molecule has 0 saturated carbocycles. The summed E-state index contributed by atoms with van der Waals surface area (Å²) < 4.78 is 1.82. The van der Waals surface area contributed by atoms with Gasteiger partial charge in [0.1, 0.15) is 12.7 Å².